The summed E-state index contributed by atoms with van der Waals surface area (Å²) in [5.74, 6) is 2.76. The zero-order chi connectivity index (χ0) is 14.7. The molecule has 6 heteroatoms. The molecule has 1 saturated carbocycles. The maximum Gasteiger partial charge on any atom is 0.191 e. The van der Waals surface area contributed by atoms with Crippen LogP contribution in [0.1, 0.15) is 31.7 Å². The van der Waals surface area contributed by atoms with Gasteiger partial charge in [-0.05, 0) is 42.9 Å². The number of hydrogen-bond donors (Lipinski definition) is 2. The van der Waals surface area contributed by atoms with Crippen molar-refractivity contribution in [3.8, 4) is 0 Å². The minimum Gasteiger partial charge on any atom is -0.357 e. The number of nitrogens with zero attached hydrogens (tertiary/aromatic N) is 3. The summed E-state index contributed by atoms with van der Waals surface area (Å²) in [6.45, 7) is 5.31. The summed E-state index contributed by atoms with van der Waals surface area (Å²) >= 11 is 0. The van der Waals surface area contributed by atoms with E-state index in [2.05, 4.69) is 44.6 Å². The monoisotopic (exact) mass is 415 g/mol. The van der Waals surface area contributed by atoms with Gasteiger partial charge in [0.25, 0.3) is 0 Å². The summed E-state index contributed by atoms with van der Waals surface area (Å²) < 4.78 is 0. The molecule has 1 aromatic rings. The van der Waals surface area contributed by atoms with E-state index in [1.54, 1.807) is 0 Å². The predicted molar refractivity (Wildman–Crippen MR) is 102 cm³/mol. The molecular formula is C16H26IN5. The average molecular weight is 415 g/mol. The second-order valence-electron chi connectivity index (χ2n) is 6.11. The molecule has 0 spiro atoms. The molecule has 2 atom stereocenters. The Balaban J connectivity index is 0.00000176. The topological polar surface area (TPSA) is 52.6 Å². The molecule has 2 fully saturated rings. The number of anilines is 1. The molecule has 0 bridgehead atoms. The van der Waals surface area contributed by atoms with E-state index >= 15 is 0 Å². The Kier molecular flexibility index (Phi) is 6.28. The van der Waals surface area contributed by atoms with Gasteiger partial charge in [-0.1, -0.05) is 6.92 Å². The Hall–Kier alpha value is -1.05. The molecule has 1 aliphatic carbocycles. The van der Waals surface area contributed by atoms with Gasteiger partial charge in [0.2, 0.25) is 0 Å². The maximum absolute atomic E-state index is 4.49. The lowest BCUT2D eigenvalue weighted by Gasteiger charge is -2.17. The number of hydrogen-bond acceptors (Lipinski definition) is 3. The molecule has 122 valence electrons. The molecular weight excluding hydrogens is 389 g/mol. The SMILES string of the molecule is CN=C(NCc1ccnc(N2CCCC2)c1)NC1CC1C.I. The Morgan fingerprint density at radius 2 is 2.14 bits per heavy atom. The van der Waals surface area contributed by atoms with Crippen LogP contribution >= 0.6 is 24.0 Å². The first kappa shape index (κ1) is 17.3. The largest absolute Gasteiger partial charge is 0.357 e. The molecule has 0 amide bonds. The highest BCUT2D eigenvalue weighted by molar-refractivity contribution is 14.0. The quantitative estimate of drug-likeness (QED) is 0.451. The van der Waals surface area contributed by atoms with Crippen molar-refractivity contribution in [2.75, 3.05) is 25.0 Å². The zero-order valence-corrected chi connectivity index (χ0v) is 15.7. The van der Waals surface area contributed by atoms with Crippen molar-refractivity contribution < 1.29 is 0 Å². The van der Waals surface area contributed by atoms with Crippen molar-refractivity contribution in [3.05, 3.63) is 23.9 Å². The van der Waals surface area contributed by atoms with Crippen molar-refractivity contribution in [1.82, 2.24) is 15.6 Å². The van der Waals surface area contributed by atoms with Gasteiger partial charge < -0.3 is 15.5 Å². The number of halogens is 1. The number of aliphatic imine (C=N–C) groups is 1. The van der Waals surface area contributed by atoms with Gasteiger partial charge in [0, 0.05) is 38.9 Å². The van der Waals surface area contributed by atoms with E-state index in [-0.39, 0.29) is 24.0 Å². The van der Waals surface area contributed by atoms with Crippen LogP contribution in [0.3, 0.4) is 0 Å². The molecule has 5 nitrogen and oxygen atoms in total. The number of guanidine groups is 1. The van der Waals surface area contributed by atoms with E-state index in [4.69, 9.17) is 0 Å². The molecule has 1 aliphatic heterocycles. The molecule has 0 radical (unpaired) electrons. The standard InChI is InChI=1S/C16H25N5.HI/c1-12-9-14(12)20-16(17-2)19-11-13-5-6-18-15(10-13)21-7-3-4-8-21;/h5-6,10,12,14H,3-4,7-9,11H2,1-2H3,(H2,17,19,20);1H. The fourth-order valence-electron chi connectivity index (χ4n) is 2.77. The van der Waals surface area contributed by atoms with Crippen molar-refractivity contribution in [1.29, 1.82) is 0 Å². The summed E-state index contributed by atoms with van der Waals surface area (Å²) in [5.41, 5.74) is 1.25. The summed E-state index contributed by atoms with van der Waals surface area (Å²) in [4.78, 5) is 11.1. The van der Waals surface area contributed by atoms with Crippen molar-refractivity contribution in [2.24, 2.45) is 10.9 Å². The summed E-state index contributed by atoms with van der Waals surface area (Å²) in [6.07, 6.45) is 5.71. The van der Waals surface area contributed by atoms with Crippen molar-refractivity contribution in [3.63, 3.8) is 0 Å². The second kappa shape index (κ2) is 7.99. The highest BCUT2D eigenvalue weighted by Gasteiger charge is 2.33. The van der Waals surface area contributed by atoms with Crippen LogP contribution in [0.25, 0.3) is 0 Å². The lowest BCUT2D eigenvalue weighted by molar-refractivity contribution is 0.763. The Bertz CT molecular complexity index is 513. The Labute approximate surface area is 150 Å². The van der Waals surface area contributed by atoms with Gasteiger partial charge >= 0.3 is 0 Å². The van der Waals surface area contributed by atoms with E-state index in [1.807, 2.05) is 13.2 Å². The molecule has 3 rings (SSSR count). The number of rotatable bonds is 4. The lowest BCUT2D eigenvalue weighted by Crippen LogP contribution is -2.38. The highest BCUT2D eigenvalue weighted by Crippen LogP contribution is 2.28. The molecule has 2 aliphatic rings. The smallest absolute Gasteiger partial charge is 0.191 e. The minimum absolute atomic E-state index is 0. The molecule has 2 heterocycles. The summed E-state index contributed by atoms with van der Waals surface area (Å²) in [5, 5.41) is 6.83. The van der Waals surface area contributed by atoms with Crippen LogP contribution in [0.4, 0.5) is 5.82 Å². The van der Waals surface area contributed by atoms with Gasteiger partial charge in [0.1, 0.15) is 5.82 Å². The molecule has 1 saturated heterocycles. The van der Waals surface area contributed by atoms with E-state index in [0.29, 0.717) is 6.04 Å². The first-order chi connectivity index (χ1) is 10.3. The third-order valence-corrected chi connectivity index (χ3v) is 4.36. The van der Waals surface area contributed by atoms with Crippen LogP contribution in [-0.2, 0) is 6.54 Å². The van der Waals surface area contributed by atoms with Crippen LogP contribution < -0.4 is 15.5 Å². The molecule has 1 aromatic heterocycles. The van der Waals surface area contributed by atoms with Crippen LogP contribution in [0.15, 0.2) is 23.3 Å². The van der Waals surface area contributed by atoms with E-state index in [1.165, 1.54) is 24.8 Å². The van der Waals surface area contributed by atoms with Crippen LogP contribution in [-0.4, -0.2) is 37.1 Å². The number of pyridine rings is 1. The van der Waals surface area contributed by atoms with Gasteiger partial charge in [-0.15, -0.1) is 24.0 Å². The third kappa shape index (κ3) is 4.47. The zero-order valence-electron chi connectivity index (χ0n) is 13.4. The Morgan fingerprint density at radius 3 is 2.77 bits per heavy atom. The van der Waals surface area contributed by atoms with Crippen LogP contribution in [0.5, 0.6) is 0 Å². The number of nitrogens with one attached hydrogen (secondary N) is 2. The van der Waals surface area contributed by atoms with Crippen LogP contribution in [0, 0.1) is 5.92 Å². The first-order valence-corrected chi connectivity index (χ1v) is 7.93. The summed E-state index contributed by atoms with van der Waals surface area (Å²) in [7, 11) is 1.82. The van der Waals surface area contributed by atoms with Gasteiger partial charge in [-0.25, -0.2) is 4.98 Å². The predicted octanol–water partition coefficient (Wildman–Crippen LogP) is 2.37. The van der Waals surface area contributed by atoms with Gasteiger partial charge in [-0.3, -0.25) is 4.99 Å². The Morgan fingerprint density at radius 1 is 1.41 bits per heavy atom. The van der Waals surface area contributed by atoms with Crippen LogP contribution in [0.2, 0.25) is 0 Å². The minimum atomic E-state index is 0. The molecule has 2 unspecified atom stereocenters. The van der Waals surface area contributed by atoms with Crippen molar-refractivity contribution in [2.45, 2.75) is 38.8 Å². The highest BCUT2D eigenvalue weighted by atomic mass is 127. The van der Waals surface area contributed by atoms with E-state index < -0.39 is 0 Å². The molecule has 0 aromatic carbocycles. The molecule has 22 heavy (non-hydrogen) atoms. The normalized spacial score (nSPS) is 23.9. The van der Waals surface area contributed by atoms with E-state index in [9.17, 15) is 0 Å². The maximum atomic E-state index is 4.49. The van der Waals surface area contributed by atoms with Gasteiger partial charge in [-0.2, -0.15) is 0 Å². The van der Waals surface area contributed by atoms with Gasteiger partial charge in [0.05, 0.1) is 0 Å². The average Bonchev–Trinajstić information content (AvgIpc) is 2.98. The third-order valence-electron chi connectivity index (χ3n) is 4.36. The van der Waals surface area contributed by atoms with Crippen molar-refractivity contribution >= 4 is 35.8 Å². The summed E-state index contributed by atoms with van der Waals surface area (Å²) in [6, 6.07) is 4.85. The fraction of sp³-hybridized carbons (Fsp3) is 0.625. The number of aromatic nitrogens is 1. The fourth-order valence-corrected chi connectivity index (χ4v) is 2.77. The lowest BCUT2D eigenvalue weighted by atomic mass is 10.2. The van der Waals surface area contributed by atoms with E-state index in [0.717, 1.165) is 37.3 Å². The molecule has 2 N–H and O–H groups in total. The second-order valence-corrected chi connectivity index (χ2v) is 6.11. The first-order valence-electron chi connectivity index (χ1n) is 7.93. The van der Waals surface area contributed by atoms with Gasteiger partial charge in [0.15, 0.2) is 5.96 Å².